The van der Waals surface area contributed by atoms with Gasteiger partial charge in [-0.05, 0) is 68.7 Å². The van der Waals surface area contributed by atoms with E-state index in [9.17, 15) is 9.59 Å². The Morgan fingerprint density at radius 1 is 1.30 bits per heavy atom. The summed E-state index contributed by atoms with van der Waals surface area (Å²) in [5.41, 5.74) is 7.97. The molecule has 1 amide bonds. The van der Waals surface area contributed by atoms with Crippen molar-refractivity contribution in [3.8, 4) is 0 Å². The van der Waals surface area contributed by atoms with Crippen LogP contribution in [0.25, 0.3) is 10.9 Å². The van der Waals surface area contributed by atoms with Gasteiger partial charge in [-0.1, -0.05) is 0 Å². The molecule has 1 aromatic carbocycles. The third kappa shape index (κ3) is 4.36. The predicted octanol–water partition coefficient (Wildman–Crippen LogP) is 2.77. The van der Waals surface area contributed by atoms with Crippen LogP contribution in [0.3, 0.4) is 0 Å². The third-order valence-electron chi connectivity index (χ3n) is 5.56. The number of carboxylic acid groups (broad SMARTS) is 1. The first kappa shape index (κ1) is 19.1. The molecule has 27 heavy (non-hydrogen) atoms. The molecule has 2 aromatic rings. The molecule has 0 aliphatic heterocycles. The highest BCUT2D eigenvalue weighted by atomic mass is 16.4. The normalized spacial score (nSPS) is 21.0. The standard InChI is InChI=1S/C20H26N4O3/c1-11(21)18(22)13-4-2-12(3-5-13)10-23-19(25)17-9-15-8-14(20(26)27)6-7-16(15)24-17/h6-9,12-13,18,21,24H,2-5,10,22H2,1H3,(H,23,25)(H,26,27). The number of aromatic carboxylic acids is 1. The number of aromatic amines is 1. The zero-order valence-electron chi connectivity index (χ0n) is 15.4. The van der Waals surface area contributed by atoms with Crippen LogP contribution in [0.4, 0.5) is 0 Å². The Morgan fingerprint density at radius 2 is 2.00 bits per heavy atom. The minimum absolute atomic E-state index is 0.150. The minimum atomic E-state index is -0.988. The Bertz CT molecular complexity index is 865. The molecule has 144 valence electrons. The maximum atomic E-state index is 12.4. The van der Waals surface area contributed by atoms with Crippen LogP contribution in [-0.4, -0.2) is 40.3 Å². The van der Waals surface area contributed by atoms with Gasteiger partial charge in [0.25, 0.3) is 5.91 Å². The van der Waals surface area contributed by atoms with Crippen molar-refractivity contribution >= 4 is 28.5 Å². The van der Waals surface area contributed by atoms with Gasteiger partial charge >= 0.3 is 5.97 Å². The fraction of sp³-hybridized carbons (Fsp3) is 0.450. The van der Waals surface area contributed by atoms with Crippen LogP contribution in [-0.2, 0) is 0 Å². The average molecular weight is 370 g/mol. The van der Waals surface area contributed by atoms with E-state index in [1.165, 1.54) is 6.07 Å². The van der Waals surface area contributed by atoms with E-state index < -0.39 is 5.97 Å². The number of amides is 1. The molecule has 3 rings (SSSR count). The molecule has 1 aliphatic carbocycles. The summed E-state index contributed by atoms with van der Waals surface area (Å²) in [6.45, 7) is 2.37. The molecule has 0 bridgehead atoms. The summed E-state index contributed by atoms with van der Waals surface area (Å²) in [4.78, 5) is 26.5. The van der Waals surface area contributed by atoms with Crippen LogP contribution in [0, 0.1) is 17.2 Å². The predicted molar refractivity (Wildman–Crippen MR) is 104 cm³/mol. The molecule has 1 saturated carbocycles. The van der Waals surface area contributed by atoms with E-state index in [1.54, 1.807) is 25.1 Å². The van der Waals surface area contributed by atoms with Crippen LogP contribution < -0.4 is 11.1 Å². The number of nitrogens with one attached hydrogen (secondary N) is 3. The highest BCUT2D eigenvalue weighted by Gasteiger charge is 2.26. The van der Waals surface area contributed by atoms with E-state index in [1.807, 2.05) is 0 Å². The van der Waals surface area contributed by atoms with Crippen molar-refractivity contribution in [3.63, 3.8) is 0 Å². The Morgan fingerprint density at radius 3 is 2.63 bits per heavy atom. The van der Waals surface area contributed by atoms with Crippen LogP contribution in [0.5, 0.6) is 0 Å². The SMILES string of the molecule is CC(=N)C(N)C1CCC(CNC(=O)c2cc3cc(C(=O)O)ccc3[nH]2)CC1. The van der Waals surface area contributed by atoms with Gasteiger partial charge in [-0.2, -0.15) is 0 Å². The number of hydrogen-bond acceptors (Lipinski definition) is 4. The molecule has 0 spiro atoms. The smallest absolute Gasteiger partial charge is 0.335 e. The zero-order chi connectivity index (χ0) is 19.6. The quantitative estimate of drug-likeness (QED) is 0.500. The van der Waals surface area contributed by atoms with Gasteiger partial charge in [-0.3, -0.25) is 4.79 Å². The van der Waals surface area contributed by atoms with Crippen LogP contribution in [0.2, 0.25) is 0 Å². The van der Waals surface area contributed by atoms with Gasteiger partial charge in [0.2, 0.25) is 0 Å². The number of fused-ring (bicyclic) bond motifs is 1. The number of nitrogens with two attached hydrogens (primary N) is 1. The Kier molecular flexibility index (Phi) is 5.60. The second kappa shape index (κ2) is 7.92. The summed E-state index contributed by atoms with van der Waals surface area (Å²) < 4.78 is 0. The first-order chi connectivity index (χ1) is 12.8. The van der Waals surface area contributed by atoms with Crippen molar-refractivity contribution in [3.05, 3.63) is 35.5 Å². The van der Waals surface area contributed by atoms with Crippen molar-refractivity contribution < 1.29 is 14.7 Å². The molecule has 7 nitrogen and oxygen atoms in total. The van der Waals surface area contributed by atoms with Gasteiger partial charge in [0.1, 0.15) is 5.69 Å². The highest BCUT2D eigenvalue weighted by Crippen LogP contribution is 2.30. The molecule has 1 aromatic heterocycles. The monoisotopic (exact) mass is 370 g/mol. The third-order valence-corrected chi connectivity index (χ3v) is 5.56. The van der Waals surface area contributed by atoms with Gasteiger partial charge in [0, 0.05) is 29.2 Å². The van der Waals surface area contributed by atoms with E-state index in [0.29, 0.717) is 35.2 Å². The molecule has 1 aliphatic rings. The Hall–Kier alpha value is -2.67. The first-order valence-corrected chi connectivity index (χ1v) is 9.30. The molecule has 0 saturated heterocycles. The lowest BCUT2D eigenvalue weighted by Gasteiger charge is -2.31. The fourth-order valence-electron chi connectivity index (χ4n) is 3.83. The van der Waals surface area contributed by atoms with Crippen molar-refractivity contribution in [1.82, 2.24) is 10.3 Å². The van der Waals surface area contributed by atoms with Gasteiger partial charge in [0.15, 0.2) is 0 Å². The second-order valence-corrected chi connectivity index (χ2v) is 7.49. The lowest BCUT2D eigenvalue weighted by molar-refractivity contribution is 0.0696. The number of carboxylic acids is 1. The molecule has 6 N–H and O–H groups in total. The van der Waals surface area contributed by atoms with Crippen molar-refractivity contribution in [2.75, 3.05) is 6.54 Å². The van der Waals surface area contributed by atoms with Gasteiger partial charge in [0.05, 0.1) is 5.56 Å². The van der Waals surface area contributed by atoms with E-state index in [-0.39, 0.29) is 17.5 Å². The molecule has 1 unspecified atom stereocenters. The van der Waals surface area contributed by atoms with Crippen LogP contribution in [0.15, 0.2) is 24.3 Å². The maximum absolute atomic E-state index is 12.4. The highest BCUT2D eigenvalue weighted by molar-refractivity contribution is 6.00. The molecule has 1 fully saturated rings. The van der Waals surface area contributed by atoms with Gasteiger partial charge < -0.3 is 26.6 Å². The summed E-state index contributed by atoms with van der Waals surface area (Å²) in [6.07, 6.45) is 3.98. The number of rotatable bonds is 6. The van der Waals surface area contributed by atoms with Gasteiger partial charge in [-0.25, -0.2) is 4.79 Å². The number of benzene rings is 1. The number of hydrogen-bond donors (Lipinski definition) is 5. The topological polar surface area (TPSA) is 132 Å². The van der Waals surface area contributed by atoms with Crippen LogP contribution in [0.1, 0.15) is 53.5 Å². The fourth-order valence-corrected chi connectivity index (χ4v) is 3.83. The zero-order valence-corrected chi connectivity index (χ0v) is 15.4. The number of H-pyrrole nitrogens is 1. The second-order valence-electron chi connectivity index (χ2n) is 7.49. The van der Waals surface area contributed by atoms with E-state index in [0.717, 1.165) is 31.2 Å². The maximum Gasteiger partial charge on any atom is 0.335 e. The van der Waals surface area contributed by atoms with Gasteiger partial charge in [-0.15, -0.1) is 0 Å². The number of carbonyl (C=O) groups excluding carboxylic acids is 1. The summed E-state index contributed by atoms with van der Waals surface area (Å²) in [5.74, 6) is -0.382. The molecule has 1 heterocycles. The van der Waals surface area contributed by atoms with Crippen molar-refractivity contribution in [2.45, 2.75) is 38.6 Å². The minimum Gasteiger partial charge on any atom is -0.478 e. The summed E-state index contributed by atoms with van der Waals surface area (Å²) in [7, 11) is 0. The molecular weight excluding hydrogens is 344 g/mol. The number of carbonyl (C=O) groups is 2. The van der Waals surface area contributed by atoms with E-state index >= 15 is 0 Å². The average Bonchev–Trinajstić information content (AvgIpc) is 3.09. The summed E-state index contributed by atoms with van der Waals surface area (Å²) in [6, 6.07) is 6.27. The Labute approximate surface area is 157 Å². The molecule has 0 radical (unpaired) electrons. The number of aromatic nitrogens is 1. The lowest BCUT2D eigenvalue weighted by Crippen LogP contribution is -2.39. The first-order valence-electron chi connectivity index (χ1n) is 9.30. The van der Waals surface area contributed by atoms with E-state index in [2.05, 4.69) is 10.3 Å². The summed E-state index contributed by atoms with van der Waals surface area (Å²) in [5, 5.41) is 20.4. The lowest BCUT2D eigenvalue weighted by atomic mass is 9.77. The summed E-state index contributed by atoms with van der Waals surface area (Å²) >= 11 is 0. The largest absolute Gasteiger partial charge is 0.478 e. The molecule has 7 heteroatoms. The van der Waals surface area contributed by atoms with Crippen molar-refractivity contribution in [1.29, 1.82) is 5.41 Å². The van der Waals surface area contributed by atoms with Crippen LogP contribution >= 0.6 is 0 Å². The Balaban J connectivity index is 1.55. The van der Waals surface area contributed by atoms with E-state index in [4.69, 9.17) is 16.2 Å². The molecule has 1 atom stereocenters. The van der Waals surface area contributed by atoms with Crippen molar-refractivity contribution in [2.24, 2.45) is 17.6 Å². The molecular formula is C20H26N4O3.